The largest absolute Gasteiger partial charge is 0.372 e. The summed E-state index contributed by atoms with van der Waals surface area (Å²) in [5.74, 6) is 0. The minimum absolute atomic E-state index is 0.0985. The number of rotatable bonds is 5. The quantitative estimate of drug-likeness (QED) is 0.568. The van der Waals surface area contributed by atoms with Gasteiger partial charge in [0.25, 0.3) is 0 Å². The molecule has 1 saturated heterocycles. The number of nitrogens with one attached hydrogen (secondary N) is 3. The summed E-state index contributed by atoms with van der Waals surface area (Å²) in [7, 11) is 1.56. The molecule has 4 amide bonds. The van der Waals surface area contributed by atoms with Crippen molar-refractivity contribution in [1.82, 2.24) is 19.6 Å². The SMILES string of the molecule is CNC(=O)Nc1cc(-c2cccc(NC(=O)N3CC(OC(C)C)C3)c2C)cn2ccnc12. The van der Waals surface area contributed by atoms with E-state index in [1.807, 2.05) is 61.8 Å². The molecule has 1 aliphatic rings. The van der Waals surface area contributed by atoms with Crippen molar-refractivity contribution in [2.75, 3.05) is 30.8 Å². The summed E-state index contributed by atoms with van der Waals surface area (Å²) < 4.78 is 7.59. The van der Waals surface area contributed by atoms with Gasteiger partial charge in [0.05, 0.1) is 31.0 Å². The Bertz CT molecular complexity index is 1150. The summed E-state index contributed by atoms with van der Waals surface area (Å²) in [5.41, 5.74) is 4.76. The molecule has 0 bridgehead atoms. The Kier molecular flexibility index (Phi) is 6.00. The number of hydrogen-bond acceptors (Lipinski definition) is 4. The van der Waals surface area contributed by atoms with Crippen LogP contribution in [-0.4, -0.2) is 58.7 Å². The molecule has 3 heterocycles. The lowest BCUT2D eigenvalue weighted by Gasteiger charge is -2.39. The number of carbonyl (C=O) groups is 2. The maximum Gasteiger partial charge on any atom is 0.322 e. The second-order valence-electron chi connectivity index (χ2n) is 8.12. The van der Waals surface area contributed by atoms with Crippen LogP contribution in [0, 0.1) is 6.92 Å². The number of amides is 4. The highest BCUT2D eigenvalue weighted by Gasteiger charge is 2.32. The van der Waals surface area contributed by atoms with Crippen molar-refractivity contribution in [2.45, 2.75) is 33.0 Å². The van der Waals surface area contributed by atoms with Crippen molar-refractivity contribution in [3.63, 3.8) is 0 Å². The highest BCUT2D eigenvalue weighted by molar-refractivity contribution is 5.95. The van der Waals surface area contributed by atoms with Gasteiger partial charge in [0.1, 0.15) is 0 Å². The first-order valence-electron chi connectivity index (χ1n) is 10.6. The molecule has 0 atom stereocenters. The first-order chi connectivity index (χ1) is 15.4. The van der Waals surface area contributed by atoms with Gasteiger partial charge < -0.3 is 30.0 Å². The van der Waals surface area contributed by atoms with Crippen LogP contribution < -0.4 is 16.0 Å². The van der Waals surface area contributed by atoms with Crippen molar-refractivity contribution in [3.05, 3.63) is 48.4 Å². The van der Waals surface area contributed by atoms with Crippen LogP contribution in [0.5, 0.6) is 0 Å². The average Bonchev–Trinajstić information content (AvgIpc) is 3.20. The van der Waals surface area contributed by atoms with E-state index in [2.05, 4.69) is 20.9 Å². The molecule has 0 unspecified atom stereocenters. The number of nitrogens with zero attached hydrogens (tertiary/aromatic N) is 3. The molecule has 2 aromatic heterocycles. The number of pyridine rings is 1. The second kappa shape index (κ2) is 8.88. The molecule has 1 aliphatic heterocycles. The van der Waals surface area contributed by atoms with E-state index in [4.69, 9.17) is 4.74 Å². The first kappa shape index (κ1) is 21.6. The van der Waals surface area contributed by atoms with Crippen LogP contribution in [0.1, 0.15) is 19.4 Å². The van der Waals surface area contributed by atoms with Crippen LogP contribution in [0.4, 0.5) is 21.0 Å². The van der Waals surface area contributed by atoms with E-state index in [1.165, 1.54) is 0 Å². The lowest BCUT2D eigenvalue weighted by molar-refractivity contribution is -0.0624. The Balaban J connectivity index is 1.57. The number of fused-ring (bicyclic) bond motifs is 1. The van der Waals surface area contributed by atoms with E-state index in [9.17, 15) is 9.59 Å². The fourth-order valence-corrected chi connectivity index (χ4v) is 3.81. The fourth-order valence-electron chi connectivity index (χ4n) is 3.81. The van der Waals surface area contributed by atoms with E-state index in [0.29, 0.717) is 24.4 Å². The van der Waals surface area contributed by atoms with Crippen LogP contribution in [0.25, 0.3) is 16.8 Å². The molecular formula is C23H28N6O3. The van der Waals surface area contributed by atoms with Crippen LogP contribution in [0.3, 0.4) is 0 Å². The van der Waals surface area contributed by atoms with Gasteiger partial charge in [-0.2, -0.15) is 0 Å². The topological polar surface area (TPSA) is 100 Å². The van der Waals surface area contributed by atoms with E-state index in [-0.39, 0.29) is 24.3 Å². The van der Waals surface area contributed by atoms with Gasteiger partial charge in [0.15, 0.2) is 5.65 Å². The van der Waals surface area contributed by atoms with E-state index in [1.54, 1.807) is 18.1 Å². The standard InChI is InChI=1S/C23H28N6O3/c1-14(2)32-17-12-29(13-17)23(31)27-19-7-5-6-18(15(19)3)16-10-20(26-22(30)24-4)21-25-8-9-28(21)11-16/h5-11,14,17H,12-13H2,1-4H3,(H,27,31)(H2,24,26,30). The number of imidazole rings is 1. The molecule has 1 fully saturated rings. The summed E-state index contributed by atoms with van der Waals surface area (Å²) in [5, 5.41) is 8.40. The number of benzene rings is 1. The lowest BCUT2D eigenvalue weighted by Crippen LogP contribution is -2.56. The third-order valence-corrected chi connectivity index (χ3v) is 5.45. The number of anilines is 2. The summed E-state index contributed by atoms with van der Waals surface area (Å²) in [4.78, 5) is 30.6. The van der Waals surface area contributed by atoms with Gasteiger partial charge in [0.2, 0.25) is 0 Å². The molecule has 4 rings (SSSR count). The van der Waals surface area contributed by atoms with Gasteiger partial charge in [0, 0.05) is 36.9 Å². The van der Waals surface area contributed by atoms with E-state index >= 15 is 0 Å². The second-order valence-corrected chi connectivity index (χ2v) is 8.12. The number of urea groups is 2. The van der Waals surface area contributed by atoms with Gasteiger partial charge in [-0.15, -0.1) is 0 Å². The summed E-state index contributed by atoms with van der Waals surface area (Å²) in [6, 6.07) is 7.21. The number of carbonyl (C=O) groups excluding carboxylic acids is 2. The van der Waals surface area contributed by atoms with E-state index < -0.39 is 0 Å². The molecule has 0 radical (unpaired) electrons. The lowest BCUT2D eigenvalue weighted by atomic mass is 10.00. The Morgan fingerprint density at radius 2 is 1.97 bits per heavy atom. The normalized spacial score (nSPS) is 13.8. The van der Waals surface area contributed by atoms with Crippen LogP contribution in [-0.2, 0) is 4.74 Å². The monoisotopic (exact) mass is 436 g/mol. The summed E-state index contributed by atoms with van der Waals surface area (Å²) >= 11 is 0. The van der Waals surface area contributed by atoms with Crippen molar-refractivity contribution in [3.8, 4) is 11.1 Å². The molecule has 0 aliphatic carbocycles. The molecule has 0 spiro atoms. The van der Waals surface area contributed by atoms with Crippen LogP contribution >= 0.6 is 0 Å². The predicted molar refractivity (Wildman–Crippen MR) is 124 cm³/mol. The van der Waals surface area contributed by atoms with Crippen LogP contribution in [0.15, 0.2) is 42.9 Å². The molecule has 9 heteroatoms. The third-order valence-electron chi connectivity index (χ3n) is 5.45. The Morgan fingerprint density at radius 3 is 2.69 bits per heavy atom. The van der Waals surface area contributed by atoms with Gasteiger partial charge in [-0.05, 0) is 44.0 Å². The highest BCUT2D eigenvalue weighted by Crippen LogP contribution is 2.32. The smallest absolute Gasteiger partial charge is 0.322 e. The van der Waals surface area contributed by atoms with Gasteiger partial charge >= 0.3 is 12.1 Å². The third kappa shape index (κ3) is 4.38. The molecule has 32 heavy (non-hydrogen) atoms. The predicted octanol–water partition coefficient (Wildman–Crippen LogP) is 3.70. The zero-order chi connectivity index (χ0) is 22.8. The molecule has 3 aromatic rings. The van der Waals surface area contributed by atoms with Crippen molar-refractivity contribution >= 4 is 29.1 Å². The van der Waals surface area contributed by atoms with E-state index in [0.717, 1.165) is 22.4 Å². The van der Waals surface area contributed by atoms with Gasteiger partial charge in [-0.25, -0.2) is 14.6 Å². The highest BCUT2D eigenvalue weighted by atomic mass is 16.5. The van der Waals surface area contributed by atoms with Gasteiger partial charge in [-0.3, -0.25) is 0 Å². The molecular weight excluding hydrogens is 408 g/mol. The van der Waals surface area contributed by atoms with Crippen molar-refractivity contribution in [2.24, 2.45) is 0 Å². The molecule has 1 aromatic carbocycles. The van der Waals surface area contributed by atoms with Gasteiger partial charge in [-0.1, -0.05) is 12.1 Å². The van der Waals surface area contributed by atoms with Crippen molar-refractivity contribution < 1.29 is 14.3 Å². The molecule has 9 nitrogen and oxygen atoms in total. The first-order valence-corrected chi connectivity index (χ1v) is 10.6. The fraction of sp³-hybridized carbons (Fsp3) is 0.348. The van der Waals surface area contributed by atoms with Crippen molar-refractivity contribution in [1.29, 1.82) is 0 Å². The van der Waals surface area contributed by atoms with Crippen LogP contribution in [0.2, 0.25) is 0 Å². The zero-order valence-electron chi connectivity index (χ0n) is 18.7. The summed E-state index contributed by atoms with van der Waals surface area (Å²) in [6.07, 6.45) is 5.71. The number of hydrogen-bond donors (Lipinski definition) is 3. The molecule has 0 saturated carbocycles. The Labute approximate surface area is 186 Å². The maximum atomic E-state index is 12.7. The summed E-state index contributed by atoms with van der Waals surface area (Å²) in [6.45, 7) is 7.14. The molecule has 3 N–H and O–H groups in total. The Morgan fingerprint density at radius 1 is 1.19 bits per heavy atom. The zero-order valence-corrected chi connectivity index (χ0v) is 18.7. The minimum atomic E-state index is -0.320. The Hall–Kier alpha value is -3.59. The number of ether oxygens (including phenoxy) is 1. The average molecular weight is 437 g/mol. The number of likely N-dealkylation sites (tertiary alicyclic amines) is 1. The number of aromatic nitrogens is 2. The molecule has 168 valence electrons. The minimum Gasteiger partial charge on any atom is -0.372 e. The maximum absolute atomic E-state index is 12.7.